The number of aliphatic hydroxyl groups excluding tert-OH is 1. The van der Waals surface area contributed by atoms with Crippen LogP contribution in [-0.4, -0.2) is 147 Å². The Balaban J connectivity index is 0.600. The van der Waals surface area contributed by atoms with Crippen LogP contribution in [-0.2, 0) is 14.3 Å². The monoisotopic (exact) mass is 1050 g/mol. The van der Waals surface area contributed by atoms with E-state index in [0.29, 0.717) is 46.7 Å². The standard InChI is InChI=1S/C59H73N11O7/c1-5-38-10-12-40(13-11-38)37(4)62-58(73)51-27-44(71)35-69(51)59(74)56(36(2)3)53-31-54(65-77-53)67-24-17-39(18-25-67)32-66-22-19-45(20-23-66)75-46-28-47(29-46)76-55-26-41(16-21-61-55)70-42-14-15-43(70)34-68(33-42)50-30-49(63-64-57(50)60)48-8-6-7-9-52(48)72/h1,6-13,16,21,26,30-31,36-37,39,42-47,51,56,71-72H,14-15,17-20,22-25,27-29,32-35H2,2-4H3,(H2,60,64)(H,62,73)/t37-,42?,43?,44+,46-,47-,51-,56-/m0/s1. The van der Waals surface area contributed by atoms with E-state index in [2.05, 4.69) is 63.3 Å². The van der Waals surface area contributed by atoms with Crippen LogP contribution in [0.15, 0.2) is 83.5 Å². The second-order valence-electron chi connectivity index (χ2n) is 22.7. The first-order valence-corrected chi connectivity index (χ1v) is 27.9. The largest absolute Gasteiger partial charge is 0.507 e. The van der Waals surface area contributed by atoms with E-state index in [9.17, 15) is 19.8 Å². The number of pyridine rings is 1. The van der Waals surface area contributed by atoms with Gasteiger partial charge in [0.1, 0.15) is 23.8 Å². The fraction of sp³-hybridized carbons (Fsp3) is 0.525. The fourth-order valence-corrected chi connectivity index (χ4v) is 12.8. The van der Waals surface area contributed by atoms with Crippen molar-refractivity contribution in [3.8, 4) is 35.2 Å². The third kappa shape index (κ3) is 11.4. The molecule has 1 saturated carbocycles. The van der Waals surface area contributed by atoms with Crippen LogP contribution in [0.3, 0.4) is 0 Å². The molecule has 1 aliphatic carbocycles. The second-order valence-corrected chi connectivity index (χ2v) is 22.7. The number of carbonyl (C=O) groups is 2. The van der Waals surface area contributed by atoms with Crippen molar-refractivity contribution in [2.24, 2.45) is 11.8 Å². The van der Waals surface area contributed by atoms with E-state index in [4.69, 9.17) is 26.2 Å². The SMILES string of the molecule is C#Cc1ccc([C@H](C)NC(=O)[C@@H]2C[C@@H](O)CN2C(=O)[C@H](c2cc(N3CCC(CN4CCC(O[C@H]5C[C@H](Oc6cc(N7C8CCC7CN(c7cc(-c9ccccc9O)nnc7N)C8)ccn6)C5)CC4)CC3)no2)C(C)C)cc1. The summed E-state index contributed by atoms with van der Waals surface area (Å²) in [4.78, 5) is 43.8. The zero-order chi connectivity index (χ0) is 53.3. The molecule has 11 rings (SSSR count). The van der Waals surface area contributed by atoms with Gasteiger partial charge < -0.3 is 59.8 Å². The van der Waals surface area contributed by atoms with Crippen molar-refractivity contribution in [3.63, 3.8) is 0 Å². The molecule has 6 fully saturated rings. The van der Waals surface area contributed by atoms with Crippen LogP contribution in [0, 0.1) is 24.2 Å². The van der Waals surface area contributed by atoms with E-state index >= 15 is 0 Å². The minimum atomic E-state index is -0.805. The molecule has 2 amide bonds. The number of rotatable bonds is 16. The van der Waals surface area contributed by atoms with Gasteiger partial charge in [-0.3, -0.25) is 9.59 Å². The number of amides is 2. The molecule has 5 N–H and O–H groups in total. The lowest BCUT2D eigenvalue weighted by Gasteiger charge is -2.43. The van der Waals surface area contributed by atoms with E-state index < -0.39 is 18.1 Å². The Hall–Kier alpha value is -6.94. The highest BCUT2D eigenvalue weighted by atomic mass is 16.5. The molecule has 2 aromatic carbocycles. The van der Waals surface area contributed by atoms with Crippen LogP contribution in [0.25, 0.3) is 11.3 Å². The maximum Gasteiger partial charge on any atom is 0.243 e. The molecular weight excluding hydrogens is 975 g/mol. The second kappa shape index (κ2) is 22.6. The molecule has 5 aromatic rings. The number of aromatic hydroxyl groups is 1. The number of benzene rings is 2. The number of phenolic OH excluding ortho intramolecular Hbond substituents is 1. The normalized spacial score (nSPS) is 24.9. The predicted octanol–water partition coefficient (Wildman–Crippen LogP) is 6.54. The minimum absolute atomic E-state index is 0.0785. The van der Waals surface area contributed by atoms with Crippen LogP contribution in [0.5, 0.6) is 11.6 Å². The smallest absolute Gasteiger partial charge is 0.243 e. The van der Waals surface area contributed by atoms with Crippen LogP contribution in [0.1, 0.15) is 107 Å². The van der Waals surface area contributed by atoms with Gasteiger partial charge in [0.25, 0.3) is 0 Å². The average Bonchev–Trinajstić information content (AvgIpc) is 4.24. The van der Waals surface area contributed by atoms with Crippen LogP contribution < -0.4 is 30.5 Å². The molecule has 406 valence electrons. The summed E-state index contributed by atoms with van der Waals surface area (Å²) in [5, 5.41) is 37.2. The topological polar surface area (TPSA) is 212 Å². The van der Waals surface area contributed by atoms with Crippen molar-refractivity contribution < 1.29 is 33.8 Å². The molecule has 0 radical (unpaired) electrons. The molecule has 8 heterocycles. The number of anilines is 4. The van der Waals surface area contributed by atoms with Gasteiger partial charge in [0.2, 0.25) is 17.7 Å². The Morgan fingerprint density at radius 2 is 1.60 bits per heavy atom. The molecule has 6 atom stereocenters. The molecule has 0 spiro atoms. The number of aromatic nitrogens is 4. The summed E-state index contributed by atoms with van der Waals surface area (Å²) in [5.41, 5.74) is 11.3. The number of fused-ring (bicyclic) bond motifs is 2. The number of ether oxygens (including phenoxy) is 2. The Morgan fingerprint density at radius 3 is 2.31 bits per heavy atom. The number of terminal acetylenes is 1. The van der Waals surface area contributed by atoms with E-state index in [-0.39, 0.29) is 60.8 Å². The minimum Gasteiger partial charge on any atom is -0.507 e. The third-order valence-electron chi connectivity index (χ3n) is 17.1. The van der Waals surface area contributed by atoms with Crippen molar-refractivity contribution in [2.75, 3.05) is 72.8 Å². The molecular formula is C59H73N11O7. The number of nitrogens with zero attached hydrogens (tertiary/aromatic N) is 9. The number of phenols is 1. The van der Waals surface area contributed by atoms with Gasteiger partial charge in [0, 0.05) is 119 Å². The zero-order valence-electron chi connectivity index (χ0n) is 44.5. The highest BCUT2D eigenvalue weighted by Crippen LogP contribution is 2.41. The lowest BCUT2D eigenvalue weighted by atomic mass is 9.91. The van der Waals surface area contributed by atoms with Gasteiger partial charge in [-0.15, -0.1) is 16.6 Å². The number of hydrogen-bond acceptors (Lipinski definition) is 16. The summed E-state index contributed by atoms with van der Waals surface area (Å²) in [6.45, 7) is 12.4. The number of hydrogen-bond donors (Lipinski definition) is 4. The number of nitrogens with one attached hydrogen (secondary N) is 1. The van der Waals surface area contributed by atoms with Gasteiger partial charge in [-0.1, -0.05) is 49.2 Å². The third-order valence-corrected chi connectivity index (χ3v) is 17.1. The summed E-state index contributed by atoms with van der Waals surface area (Å²) in [6, 6.07) is 22.1. The molecule has 5 aliphatic heterocycles. The zero-order valence-corrected chi connectivity index (χ0v) is 44.5. The Kier molecular flexibility index (Phi) is 15.3. The summed E-state index contributed by atoms with van der Waals surface area (Å²) in [7, 11) is 0. The Bertz CT molecular complexity index is 2890. The van der Waals surface area contributed by atoms with Crippen LogP contribution in [0.4, 0.5) is 23.0 Å². The number of para-hydroxylation sites is 1. The van der Waals surface area contributed by atoms with E-state index in [1.165, 1.54) is 4.90 Å². The Morgan fingerprint density at radius 1 is 0.857 bits per heavy atom. The van der Waals surface area contributed by atoms with Gasteiger partial charge in [-0.25, -0.2) is 4.98 Å². The summed E-state index contributed by atoms with van der Waals surface area (Å²) >= 11 is 0. The number of nitrogens with two attached hydrogens (primary N) is 1. The average molecular weight is 1050 g/mol. The molecule has 77 heavy (non-hydrogen) atoms. The molecule has 2 unspecified atom stereocenters. The van der Waals surface area contributed by atoms with Crippen molar-refractivity contribution in [1.82, 2.24) is 35.5 Å². The molecule has 2 bridgehead atoms. The maximum absolute atomic E-state index is 14.3. The number of piperidine rings is 2. The van der Waals surface area contributed by atoms with Gasteiger partial charge in [-0.05, 0) is 99.2 Å². The molecule has 6 aliphatic rings. The molecule has 3 aromatic heterocycles. The summed E-state index contributed by atoms with van der Waals surface area (Å²) in [6.07, 6.45) is 15.3. The number of aliphatic hydroxyl groups is 1. The highest BCUT2D eigenvalue weighted by molar-refractivity contribution is 5.91. The molecule has 5 saturated heterocycles. The van der Waals surface area contributed by atoms with Crippen LogP contribution >= 0.6 is 0 Å². The quantitative estimate of drug-likeness (QED) is 0.0773. The van der Waals surface area contributed by atoms with Crippen LogP contribution in [0.2, 0.25) is 0 Å². The number of carbonyl (C=O) groups excluding carboxylic acids is 2. The lowest BCUT2D eigenvalue weighted by molar-refractivity contribution is -0.141. The van der Waals surface area contributed by atoms with Crippen molar-refractivity contribution in [3.05, 3.63) is 95.9 Å². The highest BCUT2D eigenvalue weighted by Gasteiger charge is 2.45. The van der Waals surface area contributed by atoms with E-state index in [1.54, 1.807) is 12.1 Å². The molecule has 18 heteroatoms. The fourth-order valence-electron chi connectivity index (χ4n) is 12.8. The number of β-amino-alcohol motifs (C(OH)–C–C–N with tert-alkyl or cyclic N) is 1. The number of likely N-dealkylation sites (tertiary alicyclic amines) is 2. The van der Waals surface area contributed by atoms with E-state index in [0.717, 1.165) is 125 Å². The first-order valence-electron chi connectivity index (χ1n) is 27.9. The predicted molar refractivity (Wildman–Crippen MR) is 293 cm³/mol. The van der Waals surface area contributed by atoms with Crippen molar-refractivity contribution in [1.29, 1.82) is 0 Å². The number of piperazine rings is 1. The van der Waals surface area contributed by atoms with Gasteiger partial charge in [0.05, 0.1) is 35.7 Å². The van der Waals surface area contributed by atoms with Gasteiger partial charge >= 0.3 is 0 Å². The first kappa shape index (κ1) is 52.1. The summed E-state index contributed by atoms with van der Waals surface area (Å²) in [5.74, 6) is 4.28. The lowest BCUT2D eigenvalue weighted by Crippen LogP contribution is -2.54. The van der Waals surface area contributed by atoms with Gasteiger partial charge in [-0.2, -0.15) is 0 Å². The number of nitrogen functional groups attached to an aromatic ring is 1. The maximum atomic E-state index is 14.3. The Labute approximate surface area is 451 Å². The van der Waals surface area contributed by atoms with Crippen molar-refractivity contribution >= 4 is 34.8 Å². The van der Waals surface area contributed by atoms with E-state index in [1.807, 2.05) is 75.5 Å². The first-order chi connectivity index (χ1) is 37.3. The van der Waals surface area contributed by atoms with Gasteiger partial charge in [0.15, 0.2) is 17.4 Å². The van der Waals surface area contributed by atoms with Crippen molar-refractivity contribution in [2.45, 2.75) is 133 Å². The summed E-state index contributed by atoms with van der Waals surface area (Å²) < 4.78 is 19.0. The molecule has 18 nitrogen and oxygen atoms in total.